The lowest BCUT2D eigenvalue weighted by atomic mass is 9.73. The molecule has 1 saturated heterocycles. The molecule has 3 atom stereocenters. The molecule has 1 saturated carbocycles. The van der Waals surface area contributed by atoms with Crippen LogP contribution in [0, 0.1) is 11.3 Å². The van der Waals surface area contributed by atoms with E-state index in [0.29, 0.717) is 0 Å². The van der Waals surface area contributed by atoms with Crippen molar-refractivity contribution < 1.29 is 5.11 Å². The molecule has 0 radical (unpaired) electrons. The normalized spacial score (nSPS) is 36.0. The molecule has 0 aromatic carbocycles. The van der Waals surface area contributed by atoms with Crippen molar-refractivity contribution in [2.24, 2.45) is 16.3 Å². The van der Waals surface area contributed by atoms with Crippen LogP contribution in [0.4, 0.5) is 0 Å². The number of hydrogen-bond donors (Lipinski definition) is 2. The summed E-state index contributed by atoms with van der Waals surface area (Å²) in [5.41, 5.74) is -0.00437. The second kappa shape index (κ2) is 6.79. The fourth-order valence-corrected chi connectivity index (χ4v) is 3.58. The summed E-state index contributed by atoms with van der Waals surface area (Å²) in [6, 6.07) is 0. The van der Waals surface area contributed by atoms with Crippen LogP contribution in [0.15, 0.2) is 4.99 Å². The van der Waals surface area contributed by atoms with E-state index < -0.39 is 0 Å². The van der Waals surface area contributed by atoms with E-state index in [1.165, 1.54) is 19.3 Å². The number of hydrogen-bond acceptors (Lipinski definition) is 2. The summed E-state index contributed by atoms with van der Waals surface area (Å²) < 4.78 is 0. The van der Waals surface area contributed by atoms with Crippen molar-refractivity contribution in [2.45, 2.75) is 58.5 Å². The first-order chi connectivity index (χ1) is 9.55. The smallest absolute Gasteiger partial charge is 0.193 e. The van der Waals surface area contributed by atoms with Crippen LogP contribution in [0.3, 0.4) is 0 Å². The molecule has 0 spiro atoms. The molecule has 1 heterocycles. The fraction of sp³-hybridized carbons (Fsp3) is 0.938. The highest BCUT2D eigenvalue weighted by molar-refractivity contribution is 5.80. The Morgan fingerprint density at radius 1 is 1.35 bits per heavy atom. The Bertz CT molecular complexity index is 345. The Labute approximate surface area is 123 Å². The van der Waals surface area contributed by atoms with Gasteiger partial charge in [0.1, 0.15) is 0 Å². The molecule has 2 N–H and O–H groups in total. The molecule has 3 unspecified atom stereocenters. The lowest BCUT2D eigenvalue weighted by Gasteiger charge is -2.40. The predicted octanol–water partition coefficient (Wildman–Crippen LogP) is 2.23. The fourth-order valence-electron chi connectivity index (χ4n) is 3.58. The molecule has 116 valence electrons. The first-order valence-corrected chi connectivity index (χ1v) is 8.19. The summed E-state index contributed by atoms with van der Waals surface area (Å²) in [5.74, 6) is 1.76. The first kappa shape index (κ1) is 15.6. The van der Waals surface area contributed by atoms with Crippen LogP contribution >= 0.6 is 0 Å². The van der Waals surface area contributed by atoms with Crippen LogP contribution < -0.4 is 5.32 Å². The molecular weight excluding hydrogens is 250 g/mol. The molecule has 0 aromatic heterocycles. The Kier molecular flexibility index (Phi) is 5.30. The minimum atomic E-state index is -0.179. The van der Waals surface area contributed by atoms with Crippen molar-refractivity contribution >= 4 is 5.96 Å². The first-order valence-electron chi connectivity index (χ1n) is 8.19. The Balaban J connectivity index is 1.90. The second-order valence-electron chi connectivity index (χ2n) is 7.01. The van der Waals surface area contributed by atoms with Gasteiger partial charge in [-0.25, -0.2) is 0 Å². The lowest BCUT2D eigenvalue weighted by Crippen LogP contribution is -2.51. The van der Waals surface area contributed by atoms with E-state index in [4.69, 9.17) is 0 Å². The highest BCUT2D eigenvalue weighted by atomic mass is 16.3. The largest absolute Gasteiger partial charge is 0.392 e. The molecule has 0 amide bonds. The maximum absolute atomic E-state index is 10.3. The quantitative estimate of drug-likeness (QED) is 0.603. The third-order valence-electron chi connectivity index (χ3n) is 5.10. The summed E-state index contributed by atoms with van der Waals surface area (Å²) in [6.45, 7) is 7.54. The molecular formula is C16H31N3O. The van der Waals surface area contributed by atoms with E-state index >= 15 is 0 Å². The molecule has 0 aromatic rings. The lowest BCUT2D eigenvalue weighted by molar-refractivity contribution is 0.00355. The number of piperidine rings is 1. The standard InChI is InChI=1S/C16H31N3O/c1-13-7-6-10-19(11-13)15(17-3)18-12-16(2)9-5-4-8-14(16)20/h13-14,20H,4-12H2,1-3H3,(H,17,18). The number of aliphatic hydroxyl groups is 1. The number of guanidine groups is 1. The van der Waals surface area contributed by atoms with Gasteiger partial charge in [0, 0.05) is 32.1 Å². The Hall–Kier alpha value is -0.770. The summed E-state index contributed by atoms with van der Waals surface area (Å²) in [5, 5.41) is 13.8. The number of nitrogens with zero attached hydrogens (tertiary/aromatic N) is 2. The van der Waals surface area contributed by atoms with Crippen molar-refractivity contribution in [3.05, 3.63) is 0 Å². The Morgan fingerprint density at radius 2 is 2.15 bits per heavy atom. The van der Waals surface area contributed by atoms with Gasteiger partial charge in [-0.05, 0) is 31.6 Å². The van der Waals surface area contributed by atoms with E-state index in [-0.39, 0.29) is 11.5 Å². The zero-order valence-corrected chi connectivity index (χ0v) is 13.4. The van der Waals surface area contributed by atoms with Crippen LogP contribution in [0.2, 0.25) is 0 Å². The summed E-state index contributed by atoms with van der Waals surface area (Å²) >= 11 is 0. The zero-order valence-electron chi connectivity index (χ0n) is 13.4. The van der Waals surface area contributed by atoms with Crippen LogP contribution in [0.1, 0.15) is 52.4 Å². The van der Waals surface area contributed by atoms with Crippen LogP contribution in [0.25, 0.3) is 0 Å². The van der Waals surface area contributed by atoms with Gasteiger partial charge >= 0.3 is 0 Å². The Morgan fingerprint density at radius 3 is 2.80 bits per heavy atom. The van der Waals surface area contributed by atoms with Crippen LogP contribution in [-0.4, -0.2) is 48.8 Å². The molecule has 4 heteroatoms. The molecule has 2 rings (SSSR count). The number of nitrogens with one attached hydrogen (secondary N) is 1. The molecule has 2 aliphatic rings. The zero-order chi connectivity index (χ0) is 14.6. The van der Waals surface area contributed by atoms with E-state index in [1.54, 1.807) is 0 Å². The van der Waals surface area contributed by atoms with Crippen molar-refractivity contribution in [1.82, 2.24) is 10.2 Å². The summed E-state index contributed by atoms with van der Waals surface area (Å²) in [7, 11) is 1.86. The van der Waals surface area contributed by atoms with Crippen molar-refractivity contribution in [3.8, 4) is 0 Å². The predicted molar refractivity (Wildman–Crippen MR) is 83.9 cm³/mol. The van der Waals surface area contributed by atoms with Gasteiger partial charge in [-0.1, -0.05) is 26.7 Å². The monoisotopic (exact) mass is 281 g/mol. The topological polar surface area (TPSA) is 47.9 Å². The molecule has 2 fully saturated rings. The highest BCUT2D eigenvalue weighted by Crippen LogP contribution is 2.35. The number of likely N-dealkylation sites (tertiary alicyclic amines) is 1. The van der Waals surface area contributed by atoms with Gasteiger partial charge in [-0.3, -0.25) is 4.99 Å². The minimum absolute atomic E-state index is 0.00437. The molecule has 20 heavy (non-hydrogen) atoms. The average molecular weight is 281 g/mol. The average Bonchev–Trinajstić information content (AvgIpc) is 2.43. The van der Waals surface area contributed by atoms with Crippen LogP contribution in [0.5, 0.6) is 0 Å². The van der Waals surface area contributed by atoms with Gasteiger partial charge < -0.3 is 15.3 Å². The summed E-state index contributed by atoms with van der Waals surface area (Å²) in [4.78, 5) is 6.80. The van der Waals surface area contributed by atoms with E-state index in [0.717, 1.165) is 50.8 Å². The number of aliphatic imine (C=N–C) groups is 1. The van der Waals surface area contributed by atoms with Gasteiger partial charge in [-0.2, -0.15) is 0 Å². The van der Waals surface area contributed by atoms with Crippen molar-refractivity contribution in [3.63, 3.8) is 0 Å². The van der Waals surface area contributed by atoms with Crippen LogP contribution in [-0.2, 0) is 0 Å². The molecule has 4 nitrogen and oxygen atoms in total. The molecule has 0 bridgehead atoms. The highest BCUT2D eigenvalue weighted by Gasteiger charge is 2.35. The van der Waals surface area contributed by atoms with Crippen molar-refractivity contribution in [1.29, 1.82) is 0 Å². The SMILES string of the molecule is CN=C(NCC1(C)CCCCC1O)N1CCCC(C)C1. The van der Waals surface area contributed by atoms with Crippen molar-refractivity contribution in [2.75, 3.05) is 26.7 Å². The van der Waals surface area contributed by atoms with Gasteiger partial charge in [0.05, 0.1) is 6.10 Å². The van der Waals surface area contributed by atoms with E-state index in [1.807, 2.05) is 7.05 Å². The molecule has 1 aliphatic carbocycles. The number of aliphatic hydroxyl groups excluding tert-OH is 1. The van der Waals surface area contributed by atoms with Gasteiger partial charge in [0.25, 0.3) is 0 Å². The van der Waals surface area contributed by atoms with E-state index in [2.05, 4.69) is 29.1 Å². The number of rotatable bonds is 2. The van der Waals surface area contributed by atoms with Gasteiger partial charge in [-0.15, -0.1) is 0 Å². The maximum Gasteiger partial charge on any atom is 0.193 e. The summed E-state index contributed by atoms with van der Waals surface area (Å²) in [6.07, 6.45) is 6.84. The minimum Gasteiger partial charge on any atom is -0.392 e. The maximum atomic E-state index is 10.3. The third-order valence-corrected chi connectivity index (χ3v) is 5.10. The van der Waals surface area contributed by atoms with Gasteiger partial charge in [0.15, 0.2) is 5.96 Å². The third kappa shape index (κ3) is 3.66. The van der Waals surface area contributed by atoms with E-state index in [9.17, 15) is 5.11 Å². The second-order valence-corrected chi connectivity index (χ2v) is 7.01. The van der Waals surface area contributed by atoms with Gasteiger partial charge in [0.2, 0.25) is 0 Å². The molecule has 1 aliphatic heterocycles.